The van der Waals surface area contributed by atoms with Crippen molar-refractivity contribution in [3.05, 3.63) is 11.7 Å². The van der Waals surface area contributed by atoms with Gasteiger partial charge < -0.3 is 14.6 Å². The van der Waals surface area contributed by atoms with Gasteiger partial charge in [0.05, 0.1) is 0 Å². The van der Waals surface area contributed by atoms with Gasteiger partial charge in [-0.15, -0.1) is 0 Å². The van der Waals surface area contributed by atoms with Crippen LogP contribution in [-0.4, -0.2) is 29.8 Å². The first-order chi connectivity index (χ1) is 9.01. The number of methoxy groups -OCH3 is 1. The third kappa shape index (κ3) is 3.15. The lowest BCUT2D eigenvalue weighted by Gasteiger charge is -2.36. The average Bonchev–Trinajstić information content (AvgIpc) is 2.89. The summed E-state index contributed by atoms with van der Waals surface area (Å²) in [6.45, 7) is 3.88. The average molecular weight is 267 g/mol. The summed E-state index contributed by atoms with van der Waals surface area (Å²) in [7, 11) is 3.69. The molecule has 5 heteroatoms. The van der Waals surface area contributed by atoms with Crippen molar-refractivity contribution in [1.29, 1.82) is 0 Å². The van der Waals surface area contributed by atoms with Gasteiger partial charge in [0, 0.05) is 19.1 Å². The molecule has 0 aromatic carbocycles. The van der Waals surface area contributed by atoms with Crippen LogP contribution in [0.4, 0.5) is 0 Å². The van der Waals surface area contributed by atoms with Crippen molar-refractivity contribution < 1.29 is 9.26 Å². The molecule has 0 saturated heterocycles. The van der Waals surface area contributed by atoms with Crippen LogP contribution in [-0.2, 0) is 16.8 Å². The van der Waals surface area contributed by atoms with Crippen LogP contribution in [0.2, 0.25) is 0 Å². The van der Waals surface area contributed by atoms with Crippen LogP contribution in [0.3, 0.4) is 0 Å². The molecule has 0 spiro atoms. The molecular formula is C14H25N3O2. The van der Waals surface area contributed by atoms with Gasteiger partial charge in [-0.1, -0.05) is 24.4 Å². The molecule has 1 saturated carbocycles. The van der Waals surface area contributed by atoms with E-state index in [-0.39, 0.29) is 5.54 Å². The molecule has 0 bridgehead atoms. The zero-order valence-electron chi connectivity index (χ0n) is 12.5. The van der Waals surface area contributed by atoms with Crippen molar-refractivity contribution in [3.63, 3.8) is 0 Å². The molecule has 0 radical (unpaired) electrons. The van der Waals surface area contributed by atoms with E-state index in [1.807, 2.05) is 20.9 Å². The van der Waals surface area contributed by atoms with E-state index in [4.69, 9.17) is 9.26 Å². The summed E-state index contributed by atoms with van der Waals surface area (Å²) >= 11 is 0. The van der Waals surface area contributed by atoms with E-state index in [0.717, 1.165) is 6.42 Å². The van der Waals surface area contributed by atoms with E-state index in [0.29, 0.717) is 11.7 Å². The smallest absolute Gasteiger partial charge is 0.228 e. The normalized spacial score (nSPS) is 19.6. The Kier molecular flexibility index (Phi) is 4.26. The SMILES string of the molecule is CNC1(Cc2nc(C(C)(C)OC)no2)CCCCC1. The van der Waals surface area contributed by atoms with Gasteiger partial charge in [-0.25, -0.2) is 0 Å². The van der Waals surface area contributed by atoms with Gasteiger partial charge in [0.15, 0.2) is 0 Å². The molecule has 108 valence electrons. The lowest BCUT2D eigenvalue weighted by atomic mass is 9.79. The third-order valence-corrected chi connectivity index (χ3v) is 4.35. The zero-order valence-corrected chi connectivity index (χ0v) is 12.5. The van der Waals surface area contributed by atoms with E-state index in [9.17, 15) is 0 Å². The van der Waals surface area contributed by atoms with Crippen molar-refractivity contribution in [2.45, 2.75) is 63.5 Å². The van der Waals surface area contributed by atoms with Gasteiger partial charge in [-0.05, 0) is 33.7 Å². The monoisotopic (exact) mass is 267 g/mol. The standard InChI is InChI=1S/C14H25N3O2/c1-13(2,18-4)12-16-11(19-17-12)10-14(15-3)8-6-5-7-9-14/h15H,5-10H2,1-4H3. The summed E-state index contributed by atoms with van der Waals surface area (Å²) in [5, 5.41) is 7.52. The fraction of sp³-hybridized carbons (Fsp3) is 0.857. The molecule has 1 aromatic heterocycles. The third-order valence-electron chi connectivity index (χ3n) is 4.35. The summed E-state index contributed by atoms with van der Waals surface area (Å²) in [6, 6.07) is 0. The predicted octanol–water partition coefficient (Wildman–Crippen LogP) is 2.42. The minimum absolute atomic E-state index is 0.124. The van der Waals surface area contributed by atoms with Crippen molar-refractivity contribution in [2.75, 3.05) is 14.2 Å². The lowest BCUT2D eigenvalue weighted by molar-refractivity contribution is 0.00973. The second-order valence-electron chi connectivity index (χ2n) is 5.99. The zero-order chi connectivity index (χ0) is 13.9. The van der Waals surface area contributed by atoms with Crippen LogP contribution >= 0.6 is 0 Å². The van der Waals surface area contributed by atoms with E-state index < -0.39 is 5.60 Å². The highest BCUT2D eigenvalue weighted by atomic mass is 16.5. The lowest BCUT2D eigenvalue weighted by Crippen LogP contribution is -2.46. The molecule has 19 heavy (non-hydrogen) atoms. The fourth-order valence-electron chi connectivity index (χ4n) is 2.70. The highest BCUT2D eigenvalue weighted by molar-refractivity contribution is 5.02. The van der Waals surface area contributed by atoms with Crippen LogP contribution in [0.5, 0.6) is 0 Å². The van der Waals surface area contributed by atoms with E-state index >= 15 is 0 Å². The molecule has 5 nitrogen and oxygen atoms in total. The van der Waals surface area contributed by atoms with E-state index in [1.165, 1.54) is 32.1 Å². The molecule has 0 unspecified atom stereocenters. The number of nitrogens with zero attached hydrogens (tertiary/aromatic N) is 2. The van der Waals surface area contributed by atoms with Gasteiger partial charge in [-0.3, -0.25) is 0 Å². The van der Waals surface area contributed by atoms with Gasteiger partial charge in [0.2, 0.25) is 11.7 Å². The van der Waals surface area contributed by atoms with Crippen LogP contribution in [0.15, 0.2) is 4.52 Å². The van der Waals surface area contributed by atoms with Crippen LogP contribution < -0.4 is 5.32 Å². The van der Waals surface area contributed by atoms with Crippen molar-refractivity contribution in [2.24, 2.45) is 0 Å². The minimum Gasteiger partial charge on any atom is -0.371 e. The molecular weight excluding hydrogens is 242 g/mol. The first-order valence-electron chi connectivity index (χ1n) is 7.08. The predicted molar refractivity (Wildman–Crippen MR) is 72.9 cm³/mol. The van der Waals surface area contributed by atoms with E-state index in [2.05, 4.69) is 15.5 Å². The Labute approximate surface area is 115 Å². The summed E-state index contributed by atoms with van der Waals surface area (Å²) in [5.74, 6) is 1.32. The summed E-state index contributed by atoms with van der Waals surface area (Å²) in [4.78, 5) is 4.50. The maximum absolute atomic E-state index is 5.40. The Morgan fingerprint density at radius 3 is 2.58 bits per heavy atom. The van der Waals surface area contributed by atoms with Crippen molar-refractivity contribution >= 4 is 0 Å². The number of nitrogens with one attached hydrogen (secondary N) is 1. The molecule has 1 fully saturated rings. The molecule has 2 rings (SSSR count). The number of hydrogen-bond acceptors (Lipinski definition) is 5. The Hall–Kier alpha value is -0.940. The number of hydrogen-bond donors (Lipinski definition) is 1. The second-order valence-corrected chi connectivity index (χ2v) is 5.99. The molecule has 1 aromatic rings. The highest BCUT2D eigenvalue weighted by Crippen LogP contribution is 2.31. The van der Waals surface area contributed by atoms with Gasteiger partial charge >= 0.3 is 0 Å². The van der Waals surface area contributed by atoms with Crippen molar-refractivity contribution in [3.8, 4) is 0 Å². The summed E-state index contributed by atoms with van der Waals surface area (Å²) < 4.78 is 10.8. The number of likely N-dealkylation sites (N-methyl/N-ethyl adjacent to an activating group) is 1. The number of rotatable bonds is 5. The number of aromatic nitrogens is 2. The maximum atomic E-state index is 5.40. The summed E-state index contributed by atoms with van der Waals surface area (Å²) in [5.41, 5.74) is -0.375. The Bertz CT molecular complexity index is 409. The first-order valence-corrected chi connectivity index (χ1v) is 7.08. The number of ether oxygens (including phenoxy) is 1. The van der Waals surface area contributed by atoms with Crippen LogP contribution in [0.1, 0.15) is 57.7 Å². The van der Waals surface area contributed by atoms with Gasteiger partial charge in [-0.2, -0.15) is 4.98 Å². The van der Waals surface area contributed by atoms with Crippen molar-refractivity contribution in [1.82, 2.24) is 15.5 Å². The minimum atomic E-state index is -0.499. The molecule has 1 aliphatic carbocycles. The largest absolute Gasteiger partial charge is 0.371 e. The Balaban J connectivity index is 2.10. The van der Waals surface area contributed by atoms with E-state index in [1.54, 1.807) is 7.11 Å². The molecule has 1 heterocycles. The van der Waals surface area contributed by atoms with Gasteiger partial charge in [0.1, 0.15) is 5.60 Å². The Morgan fingerprint density at radius 1 is 1.32 bits per heavy atom. The van der Waals surface area contributed by atoms with Gasteiger partial charge in [0.25, 0.3) is 0 Å². The topological polar surface area (TPSA) is 60.2 Å². The maximum Gasteiger partial charge on any atom is 0.228 e. The Morgan fingerprint density at radius 2 is 2.00 bits per heavy atom. The molecule has 0 amide bonds. The van der Waals surface area contributed by atoms with Crippen LogP contribution in [0, 0.1) is 0 Å². The molecule has 0 aliphatic heterocycles. The molecule has 0 atom stereocenters. The summed E-state index contributed by atoms with van der Waals surface area (Å²) in [6.07, 6.45) is 7.02. The highest BCUT2D eigenvalue weighted by Gasteiger charge is 2.34. The first kappa shape index (κ1) is 14.5. The molecule has 1 N–H and O–H groups in total. The quantitative estimate of drug-likeness (QED) is 0.887. The van der Waals surface area contributed by atoms with Crippen LogP contribution in [0.25, 0.3) is 0 Å². The molecule has 1 aliphatic rings. The second kappa shape index (κ2) is 5.59. The fourth-order valence-corrected chi connectivity index (χ4v) is 2.70.